The zero-order valence-electron chi connectivity index (χ0n) is 31.8. The fourth-order valence-electron chi connectivity index (χ4n) is 7.62. The summed E-state index contributed by atoms with van der Waals surface area (Å²) in [4.78, 5) is 9.55. The summed E-state index contributed by atoms with van der Waals surface area (Å²) in [5.41, 5.74) is 10.2. The van der Waals surface area contributed by atoms with Crippen LogP contribution in [0.5, 0.6) is 11.5 Å². The Hall–Kier alpha value is -6.27. The lowest BCUT2D eigenvalue weighted by Crippen LogP contribution is -2.25. The van der Waals surface area contributed by atoms with Gasteiger partial charge in [-0.1, -0.05) is 96.1 Å². The SMILES string of the molecule is CC(C)(C)c1cc(Oc2ccc3c(c2)n(-c2cc(C(C)(C)C)ccn2)c2c4ccccc4n(-c4ccccc4)c32)cc(N2C=CN(c3ccccc3)C2)c1. The Morgan fingerprint density at radius 2 is 1.13 bits per heavy atom. The summed E-state index contributed by atoms with van der Waals surface area (Å²) in [6.07, 6.45) is 6.23. The Labute approximate surface area is 317 Å². The van der Waals surface area contributed by atoms with Crippen molar-refractivity contribution in [3.05, 3.63) is 163 Å². The third-order valence-corrected chi connectivity index (χ3v) is 10.5. The Kier molecular flexibility index (Phi) is 7.89. The summed E-state index contributed by atoms with van der Waals surface area (Å²) in [7, 11) is 0. The van der Waals surface area contributed by atoms with Crippen LogP contribution in [0.4, 0.5) is 11.4 Å². The van der Waals surface area contributed by atoms with Crippen molar-refractivity contribution in [3.63, 3.8) is 0 Å². The van der Waals surface area contributed by atoms with E-state index in [1.54, 1.807) is 0 Å². The Morgan fingerprint density at radius 3 is 1.85 bits per heavy atom. The van der Waals surface area contributed by atoms with Crippen LogP contribution in [-0.4, -0.2) is 20.8 Å². The normalized spacial score (nSPS) is 13.5. The molecule has 9 rings (SSSR count). The van der Waals surface area contributed by atoms with Gasteiger partial charge in [0.15, 0.2) is 0 Å². The van der Waals surface area contributed by atoms with Gasteiger partial charge < -0.3 is 19.1 Å². The van der Waals surface area contributed by atoms with E-state index in [2.05, 4.69) is 206 Å². The number of aromatic nitrogens is 3. The molecular weight excluding hydrogens is 663 g/mol. The molecule has 5 aromatic carbocycles. The first-order valence-electron chi connectivity index (χ1n) is 18.7. The molecule has 0 spiro atoms. The van der Waals surface area contributed by atoms with Gasteiger partial charge in [-0.3, -0.25) is 4.57 Å². The number of hydrogen-bond donors (Lipinski definition) is 0. The Bertz CT molecular complexity index is 2690. The van der Waals surface area contributed by atoms with E-state index in [9.17, 15) is 0 Å². The average molecular weight is 708 g/mol. The smallest absolute Gasteiger partial charge is 0.137 e. The van der Waals surface area contributed by atoms with Gasteiger partial charge in [0.05, 0.1) is 28.7 Å². The molecule has 8 aromatic rings. The number of anilines is 2. The quantitative estimate of drug-likeness (QED) is 0.172. The lowest BCUT2D eigenvalue weighted by Gasteiger charge is -2.26. The van der Waals surface area contributed by atoms with Crippen LogP contribution in [0.1, 0.15) is 52.7 Å². The molecule has 1 aliphatic heterocycles. The molecule has 268 valence electrons. The van der Waals surface area contributed by atoms with Gasteiger partial charge in [-0.25, -0.2) is 4.98 Å². The van der Waals surface area contributed by atoms with E-state index in [4.69, 9.17) is 9.72 Å². The molecule has 0 fully saturated rings. The van der Waals surface area contributed by atoms with Gasteiger partial charge in [0.2, 0.25) is 0 Å². The summed E-state index contributed by atoms with van der Waals surface area (Å²) in [5, 5.41) is 2.30. The molecular formula is C48H45N5O. The number of pyridine rings is 1. The maximum Gasteiger partial charge on any atom is 0.137 e. The fraction of sp³-hybridized carbons (Fsp3) is 0.188. The highest BCUT2D eigenvalue weighted by Gasteiger charge is 2.25. The summed E-state index contributed by atoms with van der Waals surface area (Å²) in [6.45, 7) is 14.2. The zero-order chi connectivity index (χ0) is 37.2. The van der Waals surface area contributed by atoms with Crippen LogP contribution in [0.25, 0.3) is 44.3 Å². The van der Waals surface area contributed by atoms with Crippen molar-refractivity contribution >= 4 is 44.2 Å². The van der Waals surface area contributed by atoms with Gasteiger partial charge in [0.25, 0.3) is 0 Å². The van der Waals surface area contributed by atoms with E-state index in [1.165, 1.54) is 22.2 Å². The van der Waals surface area contributed by atoms with Crippen molar-refractivity contribution < 1.29 is 4.74 Å². The van der Waals surface area contributed by atoms with E-state index in [0.29, 0.717) is 0 Å². The molecule has 1 aliphatic rings. The number of nitrogens with zero attached hydrogens (tertiary/aromatic N) is 5. The van der Waals surface area contributed by atoms with Gasteiger partial charge in [0, 0.05) is 58.6 Å². The third-order valence-electron chi connectivity index (χ3n) is 10.5. The molecule has 0 atom stereocenters. The minimum absolute atomic E-state index is 0.0372. The van der Waals surface area contributed by atoms with Crippen LogP contribution in [0.3, 0.4) is 0 Å². The van der Waals surface area contributed by atoms with Crippen molar-refractivity contribution in [2.75, 3.05) is 16.5 Å². The van der Waals surface area contributed by atoms with E-state index < -0.39 is 0 Å². The number of rotatable bonds is 6. The van der Waals surface area contributed by atoms with Crippen LogP contribution in [0.2, 0.25) is 0 Å². The van der Waals surface area contributed by atoms with Gasteiger partial charge in [0.1, 0.15) is 17.3 Å². The first-order valence-corrected chi connectivity index (χ1v) is 18.7. The molecule has 6 nitrogen and oxygen atoms in total. The van der Waals surface area contributed by atoms with Gasteiger partial charge in [-0.2, -0.15) is 0 Å². The van der Waals surface area contributed by atoms with Crippen LogP contribution >= 0.6 is 0 Å². The number of para-hydroxylation sites is 3. The minimum atomic E-state index is -0.0752. The fourth-order valence-corrected chi connectivity index (χ4v) is 7.62. The molecule has 0 unspecified atom stereocenters. The molecule has 0 saturated heterocycles. The second-order valence-corrected chi connectivity index (χ2v) is 16.3. The second kappa shape index (κ2) is 12.7. The van der Waals surface area contributed by atoms with Crippen LogP contribution in [0, 0.1) is 0 Å². The number of benzene rings is 5. The van der Waals surface area contributed by atoms with E-state index in [-0.39, 0.29) is 10.8 Å². The van der Waals surface area contributed by atoms with Crippen LogP contribution in [-0.2, 0) is 10.8 Å². The Morgan fingerprint density at radius 1 is 0.500 bits per heavy atom. The summed E-state index contributed by atoms with van der Waals surface area (Å²) >= 11 is 0. The highest BCUT2D eigenvalue weighted by atomic mass is 16.5. The first kappa shape index (κ1) is 33.6. The summed E-state index contributed by atoms with van der Waals surface area (Å²) in [5.74, 6) is 2.46. The Balaban J connectivity index is 1.21. The predicted octanol–water partition coefficient (Wildman–Crippen LogP) is 12.3. The highest BCUT2D eigenvalue weighted by Crippen LogP contribution is 2.43. The van der Waals surface area contributed by atoms with Crippen molar-refractivity contribution in [2.45, 2.75) is 52.4 Å². The van der Waals surface area contributed by atoms with E-state index in [0.717, 1.165) is 62.8 Å². The molecule has 0 bridgehead atoms. The van der Waals surface area contributed by atoms with Gasteiger partial charge >= 0.3 is 0 Å². The van der Waals surface area contributed by atoms with Crippen molar-refractivity contribution in [3.8, 4) is 23.0 Å². The molecule has 0 amide bonds. The second-order valence-electron chi connectivity index (χ2n) is 16.3. The predicted molar refractivity (Wildman–Crippen MR) is 225 cm³/mol. The monoisotopic (exact) mass is 707 g/mol. The van der Waals surface area contributed by atoms with Gasteiger partial charge in [-0.05, 0) is 88.7 Å². The molecule has 3 aromatic heterocycles. The zero-order valence-corrected chi connectivity index (χ0v) is 31.8. The number of hydrogen-bond acceptors (Lipinski definition) is 4. The molecule has 0 N–H and O–H groups in total. The molecule has 0 radical (unpaired) electrons. The number of ether oxygens (including phenoxy) is 1. The van der Waals surface area contributed by atoms with Crippen molar-refractivity contribution in [1.82, 2.24) is 14.1 Å². The van der Waals surface area contributed by atoms with Gasteiger partial charge in [-0.15, -0.1) is 0 Å². The summed E-state index contributed by atoms with van der Waals surface area (Å²) in [6, 6.07) is 47.3. The average Bonchev–Trinajstić information content (AvgIpc) is 3.88. The maximum absolute atomic E-state index is 6.87. The highest BCUT2D eigenvalue weighted by molar-refractivity contribution is 6.20. The minimum Gasteiger partial charge on any atom is -0.457 e. The molecule has 54 heavy (non-hydrogen) atoms. The van der Waals surface area contributed by atoms with E-state index >= 15 is 0 Å². The first-order chi connectivity index (χ1) is 26.0. The number of fused-ring (bicyclic) bond motifs is 5. The maximum atomic E-state index is 6.87. The third kappa shape index (κ3) is 5.88. The van der Waals surface area contributed by atoms with Crippen molar-refractivity contribution in [1.29, 1.82) is 0 Å². The van der Waals surface area contributed by atoms with Crippen LogP contribution in [0.15, 0.2) is 152 Å². The largest absolute Gasteiger partial charge is 0.457 e. The van der Waals surface area contributed by atoms with Crippen LogP contribution < -0.4 is 14.5 Å². The lowest BCUT2D eigenvalue weighted by molar-refractivity contribution is 0.479. The molecule has 0 aliphatic carbocycles. The molecule has 0 saturated carbocycles. The van der Waals surface area contributed by atoms with E-state index in [1.807, 2.05) is 6.20 Å². The van der Waals surface area contributed by atoms with Crippen molar-refractivity contribution in [2.24, 2.45) is 0 Å². The standard InChI is InChI=1S/C48H45N5O/c1-47(2,3)33-23-24-49-44(29-33)53-43-31-38(21-22-41(43)45-46(53)40-19-13-14-20-42(40)52(45)36-17-11-8-12-18-36)54-39-28-34(48(4,5)6)27-37(30-39)51-26-25-50(32-51)35-15-9-7-10-16-35/h7-31H,32H2,1-6H3. The topological polar surface area (TPSA) is 38.5 Å². The summed E-state index contributed by atoms with van der Waals surface area (Å²) < 4.78 is 11.6. The molecule has 4 heterocycles. The molecule has 6 heteroatoms. The lowest BCUT2D eigenvalue weighted by atomic mass is 9.86.